The van der Waals surface area contributed by atoms with Crippen LogP contribution in [0.3, 0.4) is 0 Å². The van der Waals surface area contributed by atoms with Crippen LogP contribution in [-0.4, -0.2) is 11.2 Å². The van der Waals surface area contributed by atoms with Crippen molar-refractivity contribution >= 4 is 0 Å². The van der Waals surface area contributed by atoms with Gasteiger partial charge in [0.2, 0.25) is 0 Å². The molecule has 0 aliphatic carbocycles. The Morgan fingerprint density at radius 1 is 0.857 bits per heavy atom. The highest BCUT2D eigenvalue weighted by molar-refractivity contribution is 4.96. The minimum atomic E-state index is -0.190. The molecule has 0 radical (unpaired) electrons. The molecule has 0 heterocycles. The lowest BCUT2D eigenvalue weighted by Crippen LogP contribution is -2.17. The molecule has 0 amide bonds. The molecule has 1 nitrogen and oxygen atoms in total. The molecule has 0 rings (SSSR count). The third-order valence-corrected chi connectivity index (χ3v) is 4.53. The molecular formula is C20H40O. The Kier molecular flexibility index (Phi) is 14.4. The molecule has 0 aliphatic heterocycles. The van der Waals surface area contributed by atoms with Crippen molar-refractivity contribution < 1.29 is 5.11 Å². The van der Waals surface area contributed by atoms with Crippen molar-refractivity contribution in [2.75, 3.05) is 0 Å². The van der Waals surface area contributed by atoms with Gasteiger partial charge in [0.15, 0.2) is 0 Å². The second kappa shape index (κ2) is 14.6. The highest BCUT2D eigenvalue weighted by Crippen LogP contribution is 2.23. The first-order chi connectivity index (χ1) is 10.1. The maximum Gasteiger partial charge on any atom is 0.0543 e. The van der Waals surface area contributed by atoms with E-state index in [1.807, 2.05) is 6.92 Å². The van der Waals surface area contributed by atoms with Crippen LogP contribution in [0.4, 0.5) is 0 Å². The molecule has 0 aromatic rings. The van der Waals surface area contributed by atoms with Crippen LogP contribution in [0, 0.1) is 5.92 Å². The van der Waals surface area contributed by atoms with Gasteiger partial charge in [-0.15, -0.1) is 0 Å². The summed E-state index contributed by atoms with van der Waals surface area (Å²) >= 11 is 0. The molecule has 0 saturated heterocycles. The van der Waals surface area contributed by atoms with Crippen LogP contribution in [0.5, 0.6) is 0 Å². The van der Waals surface area contributed by atoms with Crippen molar-refractivity contribution in [3.63, 3.8) is 0 Å². The van der Waals surface area contributed by atoms with Gasteiger partial charge in [0.25, 0.3) is 0 Å². The van der Waals surface area contributed by atoms with Crippen molar-refractivity contribution in [1.82, 2.24) is 0 Å². The van der Waals surface area contributed by atoms with Gasteiger partial charge in [0, 0.05) is 0 Å². The average molecular weight is 297 g/mol. The number of hydrogen-bond acceptors (Lipinski definition) is 1. The van der Waals surface area contributed by atoms with Gasteiger partial charge < -0.3 is 5.11 Å². The van der Waals surface area contributed by atoms with Crippen molar-refractivity contribution in [3.05, 3.63) is 12.2 Å². The van der Waals surface area contributed by atoms with E-state index in [0.29, 0.717) is 5.92 Å². The van der Waals surface area contributed by atoms with E-state index in [2.05, 4.69) is 20.4 Å². The van der Waals surface area contributed by atoms with Gasteiger partial charge in [-0.3, -0.25) is 0 Å². The molecule has 0 fully saturated rings. The Bertz CT molecular complexity index is 232. The Morgan fingerprint density at radius 3 is 1.86 bits per heavy atom. The molecule has 0 bridgehead atoms. The zero-order valence-electron chi connectivity index (χ0n) is 15.0. The molecular weight excluding hydrogens is 256 g/mol. The van der Waals surface area contributed by atoms with Gasteiger partial charge in [0.1, 0.15) is 0 Å². The summed E-state index contributed by atoms with van der Waals surface area (Å²) in [6.45, 7) is 10.6. The Balaban J connectivity index is 3.48. The molecule has 1 heteroatoms. The van der Waals surface area contributed by atoms with Crippen molar-refractivity contribution in [2.24, 2.45) is 5.92 Å². The predicted octanol–water partition coefficient (Wildman–Crippen LogP) is 6.65. The van der Waals surface area contributed by atoms with Gasteiger partial charge in [-0.1, -0.05) is 83.8 Å². The second-order valence-electron chi connectivity index (χ2n) is 6.82. The lowest BCUT2D eigenvalue weighted by molar-refractivity contribution is 0.119. The zero-order valence-corrected chi connectivity index (χ0v) is 15.0. The average Bonchev–Trinajstić information content (AvgIpc) is 2.45. The summed E-state index contributed by atoms with van der Waals surface area (Å²) in [5, 5.41) is 9.78. The van der Waals surface area contributed by atoms with E-state index in [4.69, 9.17) is 0 Å². The van der Waals surface area contributed by atoms with E-state index in [9.17, 15) is 5.11 Å². The summed E-state index contributed by atoms with van der Waals surface area (Å²) in [5.74, 6) is 0.418. The Hall–Kier alpha value is -0.300. The summed E-state index contributed by atoms with van der Waals surface area (Å²) < 4.78 is 0. The van der Waals surface area contributed by atoms with Gasteiger partial charge >= 0.3 is 0 Å². The SMILES string of the molecule is C=C(CCCCCCCCCCC)CC(CCC)[C@@H](C)O. The topological polar surface area (TPSA) is 20.2 Å². The predicted molar refractivity (Wildman–Crippen MR) is 95.7 cm³/mol. The lowest BCUT2D eigenvalue weighted by Gasteiger charge is -2.20. The van der Waals surface area contributed by atoms with E-state index in [-0.39, 0.29) is 6.10 Å². The fourth-order valence-electron chi connectivity index (χ4n) is 3.04. The van der Waals surface area contributed by atoms with E-state index in [1.54, 1.807) is 0 Å². The quantitative estimate of drug-likeness (QED) is 0.265. The number of aliphatic hydroxyl groups is 1. The molecule has 0 aliphatic rings. The lowest BCUT2D eigenvalue weighted by atomic mass is 9.89. The smallest absolute Gasteiger partial charge is 0.0543 e. The van der Waals surface area contributed by atoms with Crippen molar-refractivity contribution in [2.45, 2.75) is 110 Å². The summed E-state index contributed by atoms with van der Waals surface area (Å²) in [6, 6.07) is 0. The first kappa shape index (κ1) is 20.7. The fourth-order valence-corrected chi connectivity index (χ4v) is 3.04. The Labute approximate surface area is 134 Å². The molecule has 0 saturated carbocycles. The normalized spacial score (nSPS) is 14.1. The van der Waals surface area contributed by atoms with Crippen LogP contribution in [0.25, 0.3) is 0 Å². The number of unbranched alkanes of at least 4 members (excludes halogenated alkanes) is 8. The largest absolute Gasteiger partial charge is 0.393 e. The number of rotatable bonds is 15. The summed E-state index contributed by atoms with van der Waals surface area (Å²) in [6.07, 6.45) is 16.7. The van der Waals surface area contributed by atoms with Gasteiger partial charge in [0.05, 0.1) is 6.10 Å². The monoisotopic (exact) mass is 296 g/mol. The van der Waals surface area contributed by atoms with Crippen LogP contribution >= 0.6 is 0 Å². The van der Waals surface area contributed by atoms with E-state index in [1.165, 1.54) is 63.4 Å². The number of allylic oxidation sites excluding steroid dienone is 1. The van der Waals surface area contributed by atoms with Crippen molar-refractivity contribution in [1.29, 1.82) is 0 Å². The van der Waals surface area contributed by atoms with Crippen molar-refractivity contribution in [3.8, 4) is 0 Å². The number of hydrogen-bond donors (Lipinski definition) is 1. The molecule has 21 heavy (non-hydrogen) atoms. The highest BCUT2D eigenvalue weighted by Gasteiger charge is 2.14. The first-order valence-corrected chi connectivity index (χ1v) is 9.46. The maximum absolute atomic E-state index is 9.78. The minimum Gasteiger partial charge on any atom is -0.393 e. The molecule has 126 valence electrons. The minimum absolute atomic E-state index is 0.190. The third-order valence-electron chi connectivity index (χ3n) is 4.53. The van der Waals surface area contributed by atoms with Gasteiger partial charge in [-0.2, -0.15) is 0 Å². The molecule has 1 unspecified atom stereocenters. The summed E-state index contributed by atoms with van der Waals surface area (Å²) in [7, 11) is 0. The molecule has 1 N–H and O–H groups in total. The number of aliphatic hydroxyl groups excluding tert-OH is 1. The van der Waals surface area contributed by atoms with Gasteiger partial charge in [-0.25, -0.2) is 0 Å². The van der Waals surface area contributed by atoms with E-state index in [0.717, 1.165) is 25.7 Å². The molecule has 0 aromatic carbocycles. The van der Waals surface area contributed by atoms with Gasteiger partial charge in [-0.05, 0) is 38.5 Å². The van der Waals surface area contributed by atoms with E-state index >= 15 is 0 Å². The molecule has 0 aromatic heterocycles. The second-order valence-corrected chi connectivity index (χ2v) is 6.82. The zero-order chi connectivity index (χ0) is 15.9. The maximum atomic E-state index is 9.78. The first-order valence-electron chi connectivity index (χ1n) is 9.46. The van der Waals surface area contributed by atoms with E-state index < -0.39 is 0 Å². The summed E-state index contributed by atoms with van der Waals surface area (Å²) in [5.41, 5.74) is 1.34. The van der Waals surface area contributed by atoms with Crippen LogP contribution in [0.15, 0.2) is 12.2 Å². The Morgan fingerprint density at radius 2 is 1.38 bits per heavy atom. The third kappa shape index (κ3) is 13.1. The summed E-state index contributed by atoms with van der Waals surface area (Å²) in [4.78, 5) is 0. The molecule has 2 atom stereocenters. The van der Waals surface area contributed by atoms with Crippen LogP contribution in [0.2, 0.25) is 0 Å². The standard InChI is InChI=1S/C20H40O/c1-5-7-8-9-10-11-12-13-14-16-18(3)17-20(15-6-2)19(4)21/h19-21H,3,5-17H2,1-2,4H3/t19-,20?/m1/s1. The van der Waals surface area contributed by atoms with Crippen LogP contribution < -0.4 is 0 Å². The van der Waals surface area contributed by atoms with Crippen LogP contribution in [-0.2, 0) is 0 Å². The van der Waals surface area contributed by atoms with Crippen LogP contribution in [0.1, 0.15) is 104 Å². The highest BCUT2D eigenvalue weighted by atomic mass is 16.3. The molecule has 0 spiro atoms. The fraction of sp³-hybridized carbons (Fsp3) is 0.900.